The van der Waals surface area contributed by atoms with E-state index in [1.165, 1.54) is 0 Å². The summed E-state index contributed by atoms with van der Waals surface area (Å²) in [6.45, 7) is 0.0120. The monoisotopic (exact) mass is 185 g/mol. The molecule has 0 aliphatic rings. The molecular weight excluding hydrogens is 174 g/mol. The first-order valence-corrected chi connectivity index (χ1v) is 3.47. The van der Waals surface area contributed by atoms with E-state index in [2.05, 4.69) is 12.6 Å². The van der Waals surface area contributed by atoms with Gasteiger partial charge in [-0.25, -0.2) is 0 Å². The predicted octanol–water partition coefficient (Wildman–Crippen LogP) is -4.51. The van der Waals surface area contributed by atoms with Crippen LogP contribution in [0.1, 0.15) is 6.42 Å². The maximum atomic E-state index is 10.4. The number of carbonyl (C=O) groups excluding carboxylic acids is 1. The highest BCUT2D eigenvalue weighted by atomic mass is 35.5. The number of aliphatic hydroxyl groups excluding tert-OH is 1. The molecule has 10 heavy (non-hydrogen) atoms. The summed E-state index contributed by atoms with van der Waals surface area (Å²) < 4.78 is 0. The first kappa shape index (κ1) is 12.7. The molecule has 0 fully saturated rings. The van der Waals surface area contributed by atoms with E-state index < -0.39 is 0 Å². The van der Waals surface area contributed by atoms with E-state index in [1.54, 1.807) is 0 Å². The van der Waals surface area contributed by atoms with E-state index in [0.717, 1.165) is 0 Å². The molecule has 1 amide bonds. The van der Waals surface area contributed by atoms with Gasteiger partial charge in [0, 0.05) is 6.61 Å². The third-order valence-electron chi connectivity index (χ3n) is 1.13. The van der Waals surface area contributed by atoms with Crippen LogP contribution >= 0.6 is 0 Å². The molecule has 0 spiro atoms. The first-order valence-electron chi connectivity index (χ1n) is 2.77. The van der Waals surface area contributed by atoms with Crippen molar-refractivity contribution < 1.29 is 22.3 Å². The predicted molar refractivity (Wildman–Crippen MR) is 39.4 cm³/mol. The zero-order valence-electron chi connectivity index (χ0n) is 5.51. The summed E-state index contributed by atoms with van der Waals surface area (Å²) >= 11 is 3.15. The molecule has 0 aromatic rings. The van der Waals surface area contributed by atoms with Crippen LogP contribution in [-0.4, -0.2) is 23.4 Å². The maximum Gasteiger partial charge on any atom is 0.225 e. The number of nitrogens with two attached hydrogens (primary N) is 1. The second kappa shape index (κ2) is 7.18. The summed E-state index contributed by atoms with van der Waals surface area (Å²) in [5.41, 5.74) is 4.95. The minimum Gasteiger partial charge on any atom is -1.00 e. The van der Waals surface area contributed by atoms with Gasteiger partial charge in [-0.05, 0) is 19.0 Å². The second-order valence-corrected chi connectivity index (χ2v) is 2.22. The smallest absolute Gasteiger partial charge is 0.225 e. The van der Waals surface area contributed by atoms with Gasteiger partial charge in [0.25, 0.3) is 0 Å². The summed E-state index contributed by atoms with van der Waals surface area (Å²) in [5.74, 6) is -0.0682. The molecule has 0 radical (unpaired) electrons. The Morgan fingerprint density at radius 1 is 1.70 bits per heavy atom. The van der Waals surface area contributed by atoms with Gasteiger partial charge in [0.05, 0.1) is 5.92 Å². The molecule has 0 aliphatic heterocycles. The van der Waals surface area contributed by atoms with Crippen LogP contribution in [0.5, 0.6) is 0 Å². The quantitative estimate of drug-likeness (QED) is 0.434. The minimum atomic E-state index is -0.362. The van der Waals surface area contributed by atoms with Crippen LogP contribution in [-0.2, 0) is 17.4 Å². The number of primary amides is 1. The highest BCUT2D eigenvalue weighted by Gasteiger charge is 2.14. The van der Waals surface area contributed by atoms with E-state index in [0.29, 0.717) is 12.2 Å². The van der Waals surface area contributed by atoms with Crippen molar-refractivity contribution in [2.75, 3.05) is 12.4 Å². The van der Waals surface area contributed by atoms with Crippen LogP contribution in [0.25, 0.3) is 0 Å². The van der Waals surface area contributed by atoms with Gasteiger partial charge in [0.15, 0.2) is 0 Å². The van der Waals surface area contributed by atoms with Gasteiger partial charge in [-0.1, -0.05) is 0 Å². The second-order valence-electron chi connectivity index (χ2n) is 1.82. The molecule has 0 rings (SSSR count). The highest BCUT2D eigenvalue weighted by Crippen LogP contribution is 1.98. The lowest BCUT2D eigenvalue weighted by Crippen LogP contribution is -3.00. The molecular formula is C5H12ClNO2S. The van der Waals surface area contributed by atoms with Crippen LogP contribution in [0.4, 0.5) is 0 Å². The Balaban J connectivity index is 0. The van der Waals surface area contributed by atoms with Gasteiger partial charge in [0.1, 0.15) is 5.75 Å². The molecule has 1 unspecified atom stereocenters. The van der Waals surface area contributed by atoms with Crippen molar-refractivity contribution in [1.82, 2.24) is 0 Å². The first-order chi connectivity index (χ1) is 4.22. The van der Waals surface area contributed by atoms with Crippen molar-refractivity contribution in [1.29, 1.82) is 0 Å². The molecule has 0 aliphatic carbocycles. The van der Waals surface area contributed by atoms with E-state index in [1.807, 2.05) is 0 Å². The van der Waals surface area contributed by atoms with Crippen molar-refractivity contribution in [3.8, 4) is 0 Å². The van der Waals surface area contributed by atoms with Crippen LogP contribution in [0, 0.1) is 5.92 Å². The van der Waals surface area contributed by atoms with Gasteiger partial charge >= 0.3 is 0 Å². The zero-order chi connectivity index (χ0) is 7.28. The topological polar surface area (TPSA) is 63.3 Å². The largest absolute Gasteiger partial charge is 1.00 e. The molecule has 1 atom stereocenters. The lowest BCUT2D eigenvalue weighted by atomic mass is 10.1. The third kappa shape index (κ3) is 4.90. The van der Waals surface area contributed by atoms with E-state index >= 15 is 0 Å². The van der Waals surface area contributed by atoms with Crippen molar-refractivity contribution in [3.63, 3.8) is 0 Å². The Bertz CT molecular complexity index is 102. The Labute approximate surface area is 71.8 Å². The fourth-order valence-corrected chi connectivity index (χ4v) is 0.906. The number of hydrogen-bond donors (Lipinski definition) is 2. The summed E-state index contributed by atoms with van der Waals surface area (Å²) in [4.78, 5) is 10.4. The van der Waals surface area contributed by atoms with Gasteiger partial charge in [-0.3, -0.25) is 4.79 Å². The highest BCUT2D eigenvalue weighted by molar-refractivity contribution is 7.58. The Morgan fingerprint density at radius 3 is 2.30 bits per heavy atom. The molecule has 3 nitrogen and oxygen atoms in total. The summed E-state index contributed by atoms with van der Waals surface area (Å²) in [5, 5.41) is 8.39. The standard InChI is InChI=1S/C5H11NO2S.ClH/c6-5(8)4(3-9)1-2-7;/h4,7,9H,1-3H2,(H2,6,8);1H. The molecule has 0 aromatic carbocycles. The number of aliphatic hydroxyl groups is 1. The van der Waals surface area contributed by atoms with Gasteiger partial charge < -0.3 is 23.2 Å². The molecule has 0 saturated heterocycles. The summed E-state index contributed by atoms with van der Waals surface area (Å²) in [7, 11) is 0. The van der Waals surface area contributed by atoms with Crippen LogP contribution < -0.4 is 18.1 Å². The lowest BCUT2D eigenvalue weighted by molar-refractivity contribution is -0.121. The van der Waals surface area contributed by atoms with E-state index in [9.17, 15) is 4.79 Å². The Morgan fingerprint density at radius 2 is 2.20 bits per heavy atom. The van der Waals surface area contributed by atoms with Crippen LogP contribution in [0.15, 0.2) is 0 Å². The van der Waals surface area contributed by atoms with E-state index in [4.69, 9.17) is 10.8 Å². The zero-order valence-corrected chi connectivity index (χ0v) is 7.27. The van der Waals surface area contributed by atoms with Gasteiger partial charge in [0.2, 0.25) is 5.91 Å². The maximum absolute atomic E-state index is 10.4. The lowest BCUT2D eigenvalue weighted by Gasteiger charge is -2.02. The van der Waals surface area contributed by atoms with Crippen molar-refractivity contribution in [2.24, 2.45) is 11.7 Å². The Kier molecular flexibility index (Phi) is 9.13. The number of rotatable bonds is 4. The van der Waals surface area contributed by atoms with Gasteiger partial charge in [-0.15, -0.1) is 0 Å². The number of amides is 1. The number of carbonyl (C=O) groups is 1. The normalized spacial score (nSPS) is 11.8. The fourth-order valence-electron chi connectivity index (χ4n) is 0.501. The summed E-state index contributed by atoms with van der Waals surface area (Å²) in [6.07, 6.45) is 0.443. The third-order valence-corrected chi connectivity index (χ3v) is 1.62. The molecule has 0 heterocycles. The van der Waals surface area contributed by atoms with Crippen molar-refractivity contribution in [2.45, 2.75) is 6.42 Å². The van der Waals surface area contributed by atoms with E-state index in [-0.39, 0.29) is 30.8 Å². The van der Waals surface area contributed by atoms with Crippen molar-refractivity contribution in [3.05, 3.63) is 0 Å². The molecule has 0 saturated carbocycles. The molecule has 0 bridgehead atoms. The van der Waals surface area contributed by atoms with Crippen LogP contribution in [0.2, 0.25) is 0 Å². The molecule has 5 heteroatoms. The molecule has 0 aromatic heterocycles. The Hall–Kier alpha value is 0.0700. The average Bonchev–Trinajstić information content (AvgIpc) is 1.82. The molecule has 62 valence electrons. The SMILES string of the molecule is NC(=O)C(C[SH2+])CCO.[Cl-]. The van der Waals surface area contributed by atoms with Gasteiger partial charge in [-0.2, -0.15) is 0 Å². The average molecular weight is 186 g/mol. The number of halogens is 1. The number of hydrogen-bond acceptors (Lipinski definition) is 2. The summed E-state index contributed by atoms with van der Waals surface area (Å²) in [6, 6.07) is 0. The van der Waals surface area contributed by atoms with Crippen LogP contribution in [0.3, 0.4) is 0 Å². The minimum absolute atomic E-state index is 0. The fraction of sp³-hybridized carbons (Fsp3) is 0.800. The molecule has 3 N–H and O–H groups in total. The van der Waals surface area contributed by atoms with Crippen molar-refractivity contribution >= 4 is 18.5 Å².